The number of azide groups is 1. The molecule has 0 spiro atoms. The van der Waals surface area contributed by atoms with E-state index in [1.54, 1.807) is 0 Å². The zero-order chi connectivity index (χ0) is 13.5. The summed E-state index contributed by atoms with van der Waals surface area (Å²) < 4.78 is 26.5. The minimum Gasteiger partial charge on any atom is -0.294 e. The zero-order valence-electron chi connectivity index (χ0n) is 9.57. The molecular weight excluding hydrogens is 240 g/mol. The minimum atomic E-state index is -0.903. The molecule has 4 nitrogen and oxygen atoms in total. The van der Waals surface area contributed by atoms with Gasteiger partial charge in [-0.15, -0.1) is 0 Å². The monoisotopic (exact) mass is 249 g/mol. The molecule has 0 fully saturated rings. The molecule has 0 atom stereocenters. The molecule has 0 N–H and O–H groups in total. The Bertz CT molecular complexity index is 581. The average Bonchev–Trinajstić information content (AvgIpc) is 2.30. The Labute approximate surface area is 102 Å². The standard InChI is InChI=1S/C12H9F2N3O/c1-8(18)10-6-9(11(13)7-12(10)14)4-2-3-5-16-17-15/h6-7H,3,5H2,1H3. The lowest BCUT2D eigenvalue weighted by molar-refractivity contribution is 0.101. The maximum Gasteiger partial charge on any atom is 0.162 e. The van der Waals surface area contributed by atoms with Crippen molar-refractivity contribution in [2.45, 2.75) is 13.3 Å². The first kappa shape index (κ1) is 13.7. The summed E-state index contributed by atoms with van der Waals surface area (Å²) in [5.74, 6) is 2.82. The van der Waals surface area contributed by atoms with Gasteiger partial charge in [-0.25, -0.2) is 8.78 Å². The number of hydrogen-bond acceptors (Lipinski definition) is 2. The van der Waals surface area contributed by atoms with E-state index in [0.29, 0.717) is 6.07 Å². The van der Waals surface area contributed by atoms with Crippen molar-refractivity contribution in [3.8, 4) is 11.8 Å². The van der Waals surface area contributed by atoms with Crippen molar-refractivity contribution >= 4 is 5.78 Å². The van der Waals surface area contributed by atoms with Gasteiger partial charge in [-0.05, 0) is 18.5 Å². The molecule has 0 bridgehead atoms. The summed E-state index contributed by atoms with van der Waals surface area (Å²) >= 11 is 0. The van der Waals surface area contributed by atoms with E-state index in [1.165, 1.54) is 6.92 Å². The summed E-state index contributed by atoms with van der Waals surface area (Å²) in [5.41, 5.74) is 7.77. The molecule has 0 saturated carbocycles. The molecule has 0 amide bonds. The van der Waals surface area contributed by atoms with E-state index in [-0.39, 0.29) is 24.1 Å². The number of carbonyl (C=O) groups is 1. The van der Waals surface area contributed by atoms with E-state index in [1.807, 2.05) is 0 Å². The highest BCUT2D eigenvalue weighted by Crippen LogP contribution is 2.14. The van der Waals surface area contributed by atoms with Crippen LogP contribution in [-0.4, -0.2) is 12.3 Å². The third kappa shape index (κ3) is 3.58. The smallest absolute Gasteiger partial charge is 0.162 e. The SMILES string of the molecule is CC(=O)c1cc(C#CCCN=[N+]=[N-])c(F)cc1F. The fourth-order valence-corrected chi connectivity index (χ4v) is 1.22. The van der Waals surface area contributed by atoms with Gasteiger partial charge in [0.05, 0.1) is 11.1 Å². The summed E-state index contributed by atoms with van der Waals surface area (Å²) in [6.45, 7) is 1.36. The van der Waals surface area contributed by atoms with Gasteiger partial charge >= 0.3 is 0 Å². The van der Waals surface area contributed by atoms with E-state index in [2.05, 4.69) is 21.9 Å². The van der Waals surface area contributed by atoms with Crippen LogP contribution in [0.25, 0.3) is 10.4 Å². The van der Waals surface area contributed by atoms with Crippen LogP contribution < -0.4 is 0 Å². The van der Waals surface area contributed by atoms with Crippen LogP contribution in [0.1, 0.15) is 29.3 Å². The van der Waals surface area contributed by atoms with Gasteiger partial charge in [-0.3, -0.25) is 4.79 Å². The number of carbonyl (C=O) groups excluding carboxylic acids is 1. The van der Waals surface area contributed by atoms with Gasteiger partial charge in [-0.2, -0.15) is 0 Å². The lowest BCUT2D eigenvalue weighted by Gasteiger charge is -2.00. The van der Waals surface area contributed by atoms with Crippen molar-refractivity contribution in [2.75, 3.05) is 6.54 Å². The predicted molar refractivity (Wildman–Crippen MR) is 61.9 cm³/mol. The second-order valence-corrected chi connectivity index (χ2v) is 3.37. The van der Waals surface area contributed by atoms with E-state index < -0.39 is 17.4 Å². The molecule has 0 saturated heterocycles. The highest BCUT2D eigenvalue weighted by atomic mass is 19.1. The maximum atomic E-state index is 13.3. The van der Waals surface area contributed by atoms with E-state index >= 15 is 0 Å². The number of rotatable bonds is 3. The van der Waals surface area contributed by atoms with Gasteiger partial charge in [0.25, 0.3) is 0 Å². The van der Waals surface area contributed by atoms with Gasteiger partial charge in [0.1, 0.15) is 11.6 Å². The van der Waals surface area contributed by atoms with Gasteiger partial charge in [0, 0.05) is 23.9 Å². The van der Waals surface area contributed by atoms with Crippen LogP contribution in [0.5, 0.6) is 0 Å². The van der Waals surface area contributed by atoms with Crippen molar-refractivity contribution in [3.05, 3.63) is 45.3 Å². The van der Waals surface area contributed by atoms with E-state index in [4.69, 9.17) is 5.53 Å². The Morgan fingerprint density at radius 2 is 2.17 bits per heavy atom. The summed E-state index contributed by atoms with van der Waals surface area (Å²) in [7, 11) is 0. The van der Waals surface area contributed by atoms with E-state index in [9.17, 15) is 13.6 Å². The van der Waals surface area contributed by atoms with Crippen LogP contribution in [0, 0.1) is 23.5 Å². The number of nitrogens with zero attached hydrogens (tertiary/aromatic N) is 3. The summed E-state index contributed by atoms with van der Waals surface area (Å²) in [6, 6.07) is 1.71. The van der Waals surface area contributed by atoms with Crippen LogP contribution in [-0.2, 0) is 0 Å². The number of benzene rings is 1. The first-order valence-electron chi connectivity index (χ1n) is 5.06. The maximum absolute atomic E-state index is 13.3. The molecule has 0 aliphatic heterocycles. The highest BCUT2D eigenvalue weighted by Gasteiger charge is 2.11. The van der Waals surface area contributed by atoms with Gasteiger partial charge in [-0.1, -0.05) is 17.0 Å². The van der Waals surface area contributed by atoms with Crippen LogP contribution in [0.2, 0.25) is 0 Å². The molecule has 0 radical (unpaired) electrons. The fraction of sp³-hybridized carbons (Fsp3) is 0.250. The molecule has 0 heterocycles. The number of halogens is 2. The summed E-state index contributed by atoms with van der Waals surface area (Å²) in [5, 5.41) is 3.26. The third-order valence-electron chi connectivity index (χ3n) is 2.06. The van der Waals surface area contributed by atoms with Crippen molar-refractivity contribution in [2.24, 2.45) is 5.11 Å². The molecule has 1 aromatic carbocycles. The summed E-state index contributed by atoms with van der Waals surface area (Å²) in [6.07, 6.45) is 0.260. The summed E-state index contributed by atoms with van der Waals surface area (Å²) in [4.78, 5) is 13.6. The van der Waals surface area contributed by atoms with Gasteiger partial charge < -0.3 is 0 Å². The molecular formula is C12H9F2N3O. The van der Waals surface area contributed by atoms with Crippen molar-refractivity contribution in [1.82, 2.24) is 0 Å². The van der Waals surface area contributed by atoms with Crippen LogP contribution in [0.4, 0.5) is 8.78 Å². The Kier molecular flexibility index (Phi) is 4.85. The second-order valence-electron chi connectivity index (χ2n) is 3.37. The topological polar surface area (TPSA) is 65.8 Å². The second kappa shape index (κ2) is 6.38. The number of Topliss-reactive ketones (excluding diaryl/α,β-unsaturated/α-hetero) is 1. The Morgan fingerprint density at radius 1 is 1.44 bits per heavy atom. The number of ketones is 1. The number of hydrogen-bond donors (Lipinski definition) is 0. The third-order valence-corrected chi connectivity index (χ3v) is 2.06. The fourth-order valence-electron chi connectivity index (χ4n) is 1.22. The molecule has 0 aliphatic rings. The molecule has 18 heavy (non-hydrogen) atoms. The lowest BCUT2D eigenvalue weighted by Crippen LogP contribution is -2.00. The van der Waals surface area contributed by atoms with Crippen LogP contribution >= 0.6 is 0 Å². The molecule has 92 valence electrons. The van der Waals surface area contributed by atoms with Gasteiger partial charge in [0.2, 0.25) is 0 Å². The Morgan fingerprint density at radius 3 is 2.78 bits per heavy atom. The molecule has 1 rings (SSSR count). The molecule has 0 aromatic heterocycles. The molecule has 0 unspecified atom stereocenters. The van der Waals surface area contributed by atoms with E-state index in [0.717, 1.165) is 6.07 Å². The largest absolute Gasteiger partial charge is 0.294 e. The first-order chi connectivity index (χ1) is 8.56. The molecule has 1 aromatic rings. The predicted octanol–water partition coefficient (Wildman–Crippen LogP) is 3.22. The normalized spacial score (nSPS) is 9.06. The molecule has 6 heteroatoms. The Hall–Kier alpha value is -2.38. The molecule has 0 aliphatic carbocycles. The minimum absolute atomic E-state index is 0.0532. The first-order valence-corrected chi connectivity index (χ1v) is 5.06. The van der Waals surface area contributed by atoms with Gasteiger partial charge in [0.15, 0.2) is 5.78 Å². The Balaban J connectivity index is 2.98. The lowest BCUT2D eigenvalue weighted by atomic mass is 10.1. The van der Waals surface area contributed by atoms with Crippen molar-refractivity contribution < 1.29 is 13.6 Å². The van der Waals surface area contributed by atoms with Crippen molar-refractivity contribution in [1.29, 1.82) is 0 Å². The average molecular weight is 249 g/mol. The highest BCUT2D eigenvalue weighted by molar-refractivity contribution is 5.94. The zero-order valence-corrected chi connectivity index (χ0v) is 9.57. The van der Waals surface area contributed by atoms with Crippen LogP contribution in [0.3, 0.4) is 0 Å². The van der Waals surface area contributed by atoms with Crippen LogP contribution in [0.15, 0.2) is 17.2 Å². The quantitative estimate of drug-likeness (QED) is 0.202. The van der Waals surface area contributed by atoms with Crippen molar-refractivity contribution in [3.63, 3.8) is 0 Å².